The van der Waals surface area contributed by atoms with Crippen LogP contribution in [0.1, 0.15) is 30.0 Å². The number of aryl methyl sites for hydroxylation is 2. The Bertz CT molecular complexity index is 801. The van der Waals surface area contributed by atoms with Gasteiger partial charge < -0.3 is 5.32 Å². The molecule has 0 spiro atoms. The van der Waals surface area contributed by atoms with E-state index in [2.05, 4.69) is 16.3 Å². The van der Waals surface area contributed by atoms with Gasteiger partial charge in [0.15, 0.2) is 0 Å². The van der Waals surface area contributed by atoms with E-state index in [1.165, 1.54) is 18.1 Å². The number of hydrogen-bond acceptors (Lipinski definition) is 5. The van der Waals surface area contributed by atoms with Crippen molar-refractivity contribution in [2.24, 2.45) is 0 Å². The van der Waals surface area contributed by atoms with Gasteiger partial charge in [0.25, 0.3) is 0 Å². The second kappa shape index (κ2) is 8.69. The van der Waals surface area contributed by atoms with Gasteiger partial charge in [0.05, 0.1) is 0 Å². The van der Waals surface area contributed by atoms with Gasteiger partial charge in [0, 0.05) is 6.92 Å². The summed E-state index contributed by atoms with van der Waals surface area (Å²) in [6.45, 7) is 7.90. The number of rotatable bonds is 6. The number of carbonyl (C=O) groups excluding carboxylic acids is 2. The molecule has 2 aliphatic rings. The summed E-state index contributed by atoms with van der Waals surface area (Å²) in [6, 6.07) is 4.01. The Morgan fingerprint density at radius 1 is 1.32 bits per heavy atom. The molecule has 2 aliphatic heterocycles. The molecular weight excluding hydrogens is 357 g/mol. The summed E-state index contributed by atoms with van der Waals surface area (Å²) < 4.78 is 16.2. The molecular formula is C20H26BN3O4. The molecule has 0 aliphatic carbocycles. The molecule has 0 saturated carbocycles. The summed E-state index contributed by atoms with van der Waals surface area (Å²) >= 11 is 0. The number of amides is 2. The van der Waals surface area contributed by atoms with Crippen LogP contribution in [0.15, 0.2) is 18.2 Å². The van der Waals surface area contributed by atoms with Crippen molar-refractivity contribution in [3.63, 3.8) is 0 Å². The van der Waals surface area contributed by atoms with Crippen LogP contribution in [0.4, 0.5) is 10.5 Å². The van der Waals surface area contributed by atoms with Crippen molar-refractivity contribution < 1.29 is 19.0 Å². The van der Waals surface area contributed by atoms with Crippen LogP contribution in [0.5, 0.6) is 0 Å². The van der Waals surface area contributed by atoms with Gasteiger partial charge in [-0.05, 0) is 0 Å². The number of nitrogens with one attached hydrogen (secondary N) is 1. The average molecular weight is 383 g/mol. The molecule has 1 aromatic rings. The van der Waals surface area contributed by atoms with Crippen molar-refractivity contribution in [2.75, 3.05) is 37.5 Å². The second-order valence-electron chi connectivity index (χ2n) is 7.43. The molecule has 0 radical (unpaired) electrons. The molecule has 1 N–H and O–H groups in total. The van der Waals surface area contributed by atoms with Crippen LogP contribution in [0.3, 0.4) is 0 Å². The Morgan fingerprint density at radius 2 is 2.04 bits per heavy atom. The third-order valence-corrected chi connectivity index (χ3v) is 5.17. The SMILES string of the molecule is CC(=O)NC[C@H]1CN(c2cc(C)c(C3=CCCN(CB=O)C3)c(C)c2)C(=O)O1. The van der Waals surface area contributed by atoms with E-state index in [0.717, 1.165) is 43.5 Å². The summed E-state index contributed by atoms with van der Waals surface area (Å²) in [7, 11) is 0.947. The third-order valence-electron chi connectivity index (χ3n) is 5.17. The maximum atomic E-state index is 12.3. The molecule has 0 bridgehead atoms. The van der Waals surface area contributed by atoms with Gasteiger partial charge in [0.1, 0.15) is 0 Å². The predicted octanol–water partition coefficient (Wildman–Crippen LogP) is 1.86. The van der Waals surface area contributed by atoms with E-state index in [1.54, 1.807) is 4.90 Å². The van der Waals surface area contributed by atoms with Crippen LogP contribution in [0.25, 0.3) is 5.57 Å². The number of carbonyl (C=O) groups is 2. The van der Waals surface area contributed by atoms with Gasteiger partial charge in [0.2, 0.25) is 5.91 Å². The number of nitrogens with zero attached hydrogens (tertiary/aromatic N) is 2. The summed E-state index contributed by atoms with van der Waals surface area (Å²) in [6.07, 6.45) is 2.87. The van der Waals surface area contributed by atoms with E-state index in [-0.39, 0.29) is 12.0 Å². The molecule has 3 rings (SSSR count). The topological polar surface area (TPSA) is 79.0 Å². The van der Waals surface area contributed by atoms with E-state index in [1.807, 2.05) is 26.0 Å². The summed E-state index contributed by atoms with van der Waals surface area (Å²) in [5.41, 5.74) is 5.39. The fourth-order valence-electron chi connectivity index (χ4n) is 3.95. The molecule has 2 heterocycles. The number of benzene rings is 1. The third kappa shape index (κ3) is 4.50. The molecule has 1 fully saturated rings. The van der Waals surface area contributed by atoms with Gasteiger partial charge in [-0.1, -0.05) is 0 Å². The van der Waals surface area contributed by atoms with E-state index in [9.17, 15) is 14.3 Å². The normalized spacial score (nSPS) is 19.8. The zero-order chi connectivity index (χ0) is 20.3. The van der Waals surface area contributed by atoms with Crippen LogP contribution in [0, 0.1) is 13.8 Å². The van der Waals surface area contributed by atoms with Crippen LogP contribution in [-0.2, 0) is 14.2 Å². The number of ether oxygens (including phenoxy) is 1. The zero-order valence-electron chi connectivity index (χ0n) is 16.7. The first-order valence-corrected chi connectivity index (χ1v) is 9.58. The molecule has 1 saturated heterocycles. The van der Waals surface area contributed by atoms with Gasteiger partial charge >= 0.3 is 142 Å². The van der Waals surface area contributed by atoms with E-state index < -0.39 is 6.09 Å². The van der Waals surface area contributed by atoms with Crippen molar-refractivity contribution in [3.05, 3.63) is 34.9 Å². The first kappa shape index (κ1) is 20.3. The van der Waals surface area contributed by atoms with Crippen LogP contribution < -0.4 is 10.2 Å². The van der Waals surface area contributed by atoms with Crippen molar-refractivity contribution >= 4 is 30.4 Å². The van der Waals surface area contributed by atoms with Crippen molar-refractivity contribution in [1.29, 1.82) is 0 Å². The van der Waals surface area contributed by atoms with E-state index >= 15 is 0 Å². The Hall–Kier alpha value is -2.48. The molecule has 0 unspecified atom stereocenters. The van der Waals surface area contributed by atoms with Gasteiger partial charge in [-0.3, -0.25) is 4.79 Å². The van der Waals surface area contributed by atoms with Gasteiger partial charge in [-0.15, -0.1) is 0 Å². The molecule has 0 aromatic heterocycles. The standard InChI is InChI=1S/C20H26BN3O4/c1-13-7-17(24-11-18(28-20(24)26)9-22-15(3)25)8-14(2)19(13)16-5-4-6-23(10-16)12-21-27/h5,7-8,18H,4,6,9-12H2,1-3H3,(H,22,25)/t18-/m0/s1. The molecule has 1 atom stereocenters. The predicted molar refractivity (Wildman–Crippen MR) is 108 cm³/mol. The van der Waals surface area contributed by atoms with Gasteiger partial charge in [-0.25, -0.2) is 0 Å². The van der Waals surface area contributed by atoms with E-state index in [0.29, 0.717) is 19.5 Å². The Kier molecular flexibility index (Phi) is 6.29. The molecule has 7 nitrogen and oxygen atoms in total. The number of anilines is 1. The second-order valence-corrected chi connectivity index (χ2v) is 7.43. The maximum absolute atomic E-state index is 12.3. The Morgan fingerprint density at radius 3 is 2.68 bits per heavy atom. The Labute approximate surface area is 166 Å². The summed E-state index contributed by atoms with van der Waals surface area (Å²) in [4.78, 5) is 27.1. The van der Waals surface area contributed by atoms with Crippen LogP contribution >= 0.6 is 0 Å². The molecule has 148 valence electrons. The first-order chi connectivity index (χ1) is 13.4. The minimum atomic E-state index is -0.393. The molecule has 8 heteroatoms. The summed E-state index contributed by atoms with van der Waals surface area (Å²) in [5.74, 6) is -0.144. The molecule has 1 aromatic carbocycles. The summed E-state index contributed by atoms with van der Waals surface area (Å²) in [5, 5.41) is 2.69. The number of cyclic esters (lactones) is 1. The first-order valence-electron chi connectivity index (χ1n) is 9.58. The molecule has 2 amide bonds. The quantitative estimate of drug-likeness (QED) is 0.759. The fourth-order valence-corrected chi connectivity index (χ4v) is 3.95. The van der Waals surface area contributed by atoms with E-state index in [4.69, 9.17) is 4.74 Å². The van der Waals surface area contributed by atoms with Crippen molar-refractivity contribution in [3.8, 4) is 0 Å². The van der Waals surface area contributed by atoms with Crippen molar-refractivity contribution in [2.45, 2.75) is 33.3 Å². The zero-order valence-corrected chi connectivity index (χ0v) is 16.7. The van der Waals surface area contributed by atoms with Gasteiger partial charge in [-0.2, -0.15) is 0 Å². The average Bonchev–Trinajstić information content (AvgIpc) is 3.01. The fraction of sp³-hybridized carbons (Fsp3) is 0.500. The Balaban J connectivity index is 1.79. The monoisotopic (exact) mass is 383 g/mol. The van der Waals surface area contributed by atoms with Crippen LogP contribution in [-0.4, -0.2) is 62.8 Å². The minimum absolute atomic E-state index is 0.144. The molecule has 28 heavy (non-hydrogen) atoms. The number of hydrogen-bond donors (Lipinski definition) is 1. The van der Waals surface area contributed by atoms with Crippen LogP contribution in [0.2, 0.25) is 0 Å². The van der Waals surface area contributed by atoms with Crippen molar-refractivity contribution in [1.82, 2.24) is 10.2 Å².